The highest BCUT2D eigenvalue weighted by Gasteiger charge is 2.42. The van der Waals surface area contributed by atoms with Gasteiger partial charge < -0.3 is 10.1 Å². The standard InChI is InChI=1S/C30H25NO3/c1-30(19-20-12-14-22(15-13-20)28(32)21-8-4-3-5-9-21)25-18-23(16-17-26(25)31-29(30)33)24-10-6-7-11-27(24)34-2/h3-18H,19H2,1-2H3,(H,31,33). The third kappa shape index (κ3) is 3.77. The smallest absolute Gasteiger partial charge is 0.235 e. The molecule has 1 aliphatic rings. The molecule has 1 atom stereocenters. The summed E-state index contributed by atoms with van der Waals surface area (Å²) >= 11 is 0. The van der Waals surface area contributed by atoms with E-state index in [1.54, 1.807) is 7.11 Å². The van der Waals surface area contributed by atoms with E-state index in [0.29, 0.717) is 17.5 Å². The molecule has 0 aromatic heterocycles. The van der Waals surface area contributed by atoms with E-state index >= 15 is 0 Å². The summed E-state index contributed by atoms with van der Waals surface area (Å²) in [5.41, 5.74) is 5.36. The van der Waals surface area contributed by atoms with Crippen LogP contribution in [0.5, 0.6) is 5.75 Å². The molecule has 4 aromatic carbocycles. The second kappa shape index (κ2) is 8.64. The van der Waals surface area contributed by atoms with Crippen molar-refractivity contribution in [2.24, 2.45) is 0 Å². The van der Waals surface area contributed by atoms with Crippen molar-refractivity contribution in [3.05, 3.63) is 119 Å². The molecule has 0 bridgehead atoms. The summed E-state index contributed by atoms with van der Waals surface area (Å²) in [6, 6.07) is 30.7. The maximum atomic E-state index is 13.1. The normalized spacial score (nSPS) is 16.6. The summed E-state index contributed by atoms with van der Waals surface area (Å²) in [5, 5.41) is 3.04. The van der Waals surface area contributed by atoms with Crippen LogP contribution in [0.15, 0.2) is 97.1 Å². The Kier molecular flexibility index (Phi) is 5.50. The van der Waals surface area contributed by atoms with Gasteiger partial charge in [-0.3, -0.25) is 9.59 Å². The SMILES string of the molecule is COc1ccccc1-c1ccc2c(c1)C(C)(Cc1ccc(C(=O)c3ccccc3)cc1)C(=O)N2. The molecule has 4 heteroatoms. The summed E-state index contributed by atoms with van der Waals surface area (Å²) in [6.45, 7) is 1.98. The van der Waals surface area contributed by atoms with Crippen molar-refractivity contribution in [1.82, 2.24) is 0 Å². The van der Waals surface area contributed by atoms with Crippen molar-refractivity contribution in [2.45, 2.75) is 18.8 Å². The predicted molar refractivity (Wildman–Crippen MR) is 134 cm³/mol. The number of hydrogen-bond acceptors (Lipinski definition) is 3. The average molecular weight is 448 g/mol. The lowest BCUT2D eigenvalue weighted by atomic mass is 9.77. The van der Waals surface area contributed by atoms with Gasteiger partial charge in [0.15, 0.2) is 5.78 Å². The zero-order valence-corrected chi connectivity index (χ0v) is 19.2. The van der Waals surface area contributed by atoms with Crippen molar-refractivity contribution in [1.29, 1.82) is 0 Å². The van der Waals surface area contributed by atoms with Gasteiger partial charge in [-0.2, -0.15) is 0 Å². The number of ether oxygens (including phenoxy) is 1. The molecule has 0 saturated carbocycles. The summed E-state index contributed by atoms with van der Waals surface area (Å²) in [6.07, 6.45) is 0.529. The van der Waals surface area contributed by atoms with Crippen molar-refractivity contribution in [2.75, 3.05) is 12.4 Å². The number of rotatable bonds is 6. The van der Waals surface area contributed by atoms with Gasteiger partial charge in [-0.05, 0) is 48.2 Å². The molecule has 1 heterocycles. The van der Waals surface area contributed by atoms with E-state index in [-0.39, 0.29) is 11.7 Å². The summed E-state index contributed by atoms with van der Waals surface area (Å²) in [4.78, 5) is 25.8. The third-order valence-electron chi connectivity index (χ3n) is 6.59. The Balaban J connectivity index is 1.45. The predicted octanol–water partition coefficient (Wildman–Crippen LogP) is 6.05. The van der Waals surface area contributed by atoms with Crippen molar-refractivity contribution in [3.8, 4) is 16.9 Å². The first kappa shape index (κ1) is 21.7. The molecule has 4 nitrogen and oxygen atoms in total. The first-order valence-electron chi connectivity index (χ1n) is 11.3. The second-order valence-electron chi connectivity index (χ2n) is 8.82. The molecule has 0 fully saturated rings. The van der Waals surface area contributed by atoms with Crippen LogP contribution in [0, 0.1) is 0 Å². The van der Waals surface area contributed by atoms with Gasteiger partial charge in [-0.15, -0.1) is 0 Å². The molecule has 0 spiro atoms. The Morgan fingerprint density at radius 2 is 1.53 bits per heavy atom. The van der Waals surface area contributed by atoms with Gasteiger partial charge in [0.1, 0.15) is 5.75 Å². The van der Waals surface area contributed by atoms with Gasteiger partial charge in [0.05, 0.1) is 12.5 Å². The van der Waals surface area contributed by atoms with Crippen LogP contribution in [0.25, 0.3) is 11.1 Å². The van der Waals surface area contributed by atoms with E-state index in [1.807, 2.05) is 97.9 Å². The summed E-state index contributed by atoms with van der Waals surface area (Å²) in [7, 11) is 1.66. The number of ketones is 1. The molecule has 168 valence electrons. The van der Waals surface area contributed by atoms with Crippen LogP contribution in [-0.4, -0.2) is 18.8 Å². The number of carbonyl (C=O) groups is 2. The number of methoxy groups -OCH3 is 1. The van der Waals surface area contributed by atoms with E-state index in [2.05, 4.69) is 11.4 Å². The van der Waals surface area contributed by atoms with E-state index in [1.165, 1.54) is 0 Å². The topological polar surface area (TPSA) is 55.4 Å². The van der Waals surface area contributed by atoms with Crippen molar-refractivity contribution < 1.29 is 14.3 Å². The lowest BCUT2D eigenvalue weighted by Crippen LogP contribution is -2.33. The number of fused-ring (bicyclic) bond motifs is 1. The van der Waals surface area contributed by atoms with E-state index in [9.17, 15) is 9.59 Å². The molecule has 4 aromatic rings. The van der Waals surface area contributed by atoms with Gasteiger partial charge in [-0.1, -0.05) is 78.9 Å². The minimum absolute atomic E-state index is 0.0104. The Morgan fingerprint density at radius 1 is 0.853 bits per heavy atom. The van der Waals surface area contributed by atoms with E-state index in [0.717, 1.165) is 33.7 Å². The van der Waals surface area contributed by atoms with Crippen LogP contribution in [0.2, 0.25) is 0 Å². The Labute approximate surface area is 199 Å². The Hall–Kier alpha value is -4.18. The summed E-state index contributed by atoms with van der Waals surface area (Å²) in [5.74, 6) is 0.757. The molecule has 0 saturated heterocycles. The van der Waals surface area contributed by atoms with Crippen LogP contribution in [0.3, 0.4) is 0 Å². The third-order valence-corrected chi connectivity index (χ3v) is 6.59. The van der Waals surface area contributed by atoms with Gasteiger partial charge >= 0.3 is 0 Å². The first-order valence-corrected chi connectivity index (χ1v) is 11.3. The lowest BCUT2D eigenvalue weighted by molar-refractivity contribution is -0.120. The van der Waals surface area contributed by atoms with E-state index in [4.69, 9.17) is 4.74 Å². The molecule has 1 aliphatic heterocycles. The molecular formula is C30H25NO3. The number of nitrogens with one attached hydrogen (secondary N) is 1. The fraction of sp³-hybridized carbons (Fsp3) is 0.133. The Morgan fingerprint density at radius 3 is 2.26 bits per heavy atom. The summed E-state index contributed by atoms with van der Waals surface area (Å²) < 4.78 is 5.54. The van der Waals surface area contributed by atoms with Gasteiger partial charge in [0.2, 0.25) is 5.91 Å². The number of hydrogen-bond donors (Lipinski definition) is 1. The quantitative estimate of drug-likeness (QED) is 0.366. The van der Waals surface area contributed by atoms with Gasteiger partial charge in [0, 0.05) is 22.4 Å². The zero-order chi connectivity index (χ0) is 23.7. The molecule has 0 aliphatic carbocycles. The maximum absolute atomic E-state index is 13.1. The Bertz CT molecular complexity index is 1380. The second-order valence-corrected chi connectivity index (χ2v) is 8.82. The van der Waals surface area contributed by atoms with Crippen LogP contribution in [0.1, 0.15) is 34.0 Å². The maximum Gasteiger partial charge on any atom is 0.235 e. The van der Waals surface area contributed by atoms with Crippen LogP contribution >= 0.6 is 0 Å². The highest BCUT2D eigenvalue weighted by atomic mass is 16.5. The van der Waals surface area contributed by atoms with Crippen molar-refractivity contribution >= 4 is 17.4 Å². The lowest BCUT2D eigenvalue weighted by Gasteiger charge is -2.23. The minimum Gasteiger partial charge on any atom is -0.496 e. The number of anilines is 1. The number of carbonyl (C=O) groups excluding carboxylic acids is 2. The minimum atomic E-state index is -0.724. The van der Waals surface area contributed by atoms with E-state index < -0.39 is 5.41 Å². The number of para-hydroxylation sites is 1. The van der Waals surface area contributed by atoms with Crippen LogP contribution < -0.4 is 10.1 Å². The highest BCUT2D eigenvalue weighted by Crippen LogP contribution is 2.43. The number of amides is 1. The van der Waals surface area contributed by atoms with Crippen molar-refractivity contribution in [3.63, 3.8) is 0 Å². The molecule has 1 unspecified atom stereocenters. The fourth-order valence-corrected chi connectivity index (χ4v) is 4.66. The molecule has 0 radical (unpaired) electrons. The highest BCUT2D eigenvalue weighted by molar-refractivity contribution is 6.09. The molecular weight excluding hydrogens is 422 g/mol. The zero-order valence-electron chi connectivity index (χ0n) is 19.2. The molecule has 34 heavy (non-hydrogen) atoms. The number of benzene rings is 4. The first-order chi connectivity index (χ1) is 16.5. The van der Waals surface area contributed by atoms with Gasteiger partial charge in [0.25, 0.3) is 0 Å². The van der Waals surface area contributed by atoms with Crippen LogP contribution in [0.4, 0.5) is 5.69 Å². The average Bonchev–Trinajstić information content (AvgIpc) is 3.13. The monoisotopic (exact) mass is 447 g/mol. The van der Waals surface area contributed by atoms with Crippen LogP contribution in [-0.2, 0) is 16.6 Å². The molecule has 1 amide bonds. The fourth-order valence-electron chi connectivity index (χ4n) is 4.66. The van der Waals surface area contributed by atoms with Gasteiger partial charge in [-0.25, -0.2) is 0 Å². The largest absolute Gasteiger partial charge is 0.496 e. The molecule has 1 N–H and O–H groups in total. The molecule has 5 rings (SSSR count).